The lowest BCUT2D eigenvalue weighted by atomic mass is 10.4. The third-order valence-electron chi connectivity index (χ3n) is 0.969. The van der Waals surface area contributed by atoms with Gasteiger partial charge in [0.2, 0.25) is 0 Å². The van der Waals surface area contributed by atoms with Crippen molar-refractivity contribution in [1.29, 1.82) is 0 Å². The van der Waals surface area contributed by atoms with Crippen LogP contribution in [-0.2, 0) is 4.74 Å². The second-order valence-electron chi connectivity index (χ2n) is 1.67. The molecule has 66 valence electrons. The van der Waals surface area contributed by atoms with Gasteiger partial charge in [0.1, 0.15) is 5.76 Å². The Morgan fingerprint density at radius 1 is 1.36 bits per heavy atom. The normalized spacial score (nSPS) is 11.7. The van der Waals surface area contributed by atoms with Gasteiger partial charge in [-0.05, 0) is 19.9 Å². The average Bonchev–Trinajstić information content (AvgIpc) is 2.07. The van der Waals surface area contributed by atoms with Gasteiger partial charge in [0.05, 0.1) is 12.9 Å². The van der Waals surface area contributed by atoms with Crippen molar-refractivity contribution in [3.63, 3.8) is 0 Å². The highest BCUT2D eigenvalue weighted by molar-refractivity contribution is 5.11. The zero-order chi connectivity index (χ0) is 9.28. The molecule has 0 aliphatic rings. The van der Waals surface area contributed by atoms with E-state index in [9.17, 15) is 0 Å². The summed E-state index contributed by atoms with van der Waals surface area (Å²) in [5, 5.41) is 8.86. The van der Waals surface area contributed by atoms with Gasteiger partial charge in [0.15, 0.2) is 0 Å². The van der Waals surface area contributed by atoms with E-state index < -0.39 is 0 Å². The van der Waals surface area contributed by atoms with Gasteiger partial charge in [-0.15, -0.1) is 0 Å². The lowest BCUT2D eigenvalue weighted by Gasteiger charge is -1.96. The van der Waals surface area contributed by atoms with Gasteiger partial charge in [0, 0.05) is 6.08 Å². The van der Waals surface area contributed by atoms with E-state index in [0.717, 1.165) is 0 Å². The van der Waals surface area contributed by atoms with E-state index in [4.69, 9.17) is 9.84 Å². The molecule has 0 aliphatic heterocycles. The average molecular weight is 158 g/mol. The fourth-order valence-corrected chi connectivity index (χ4v) is 0.351. The van der Waals surface area contributed by atoms with Gasteiger partial charge in [0.25, 0.3) is 0 Å². The number of rotatable bonds is 2. The van der Waals surface area contributed by atoms with E-state index in [-0.39, 0.29) is 5.76 Å². The van der Waals surface area contributed by atoms with Gasteiger partial charge >= 0.3 is 0 Å². The van der Waals surface area contributed by atoms with Crippen molar-refractivity contribution < 1.29 is 9.84 Å². The molecule has 11 heavy (non-hydrogen) atoms. The summed E-state index contributed by atoms with van der Waals surface area (Å²) in [7, 11) is 1.56. The summed E-state index contributed by atoms with van der Waals surface area (Å²) in [5.41, 5.74) is 0. The molecular formula is C9H18O2. The predicted molar refractivity (Wildman–Crippen MR) is 48.5 cm³/mol. The van der Waals surface area contributed by atoms with Crippen LogP contribution in [0.1, 0.15) is 27.7 Å². The second kappa shape index (κ2) is 9.08. The van der Waals surface area contributed by atoms with E-state index in [1.807, 2.05) is 13.8 Å². The highest BCUT2D eigenvalue weighted by atomic mass is 16.5. The maximum absolute atomic E-state index is 8.86. The largest absolute Gasteiger partial charge is 0.508 e. The topological polar surface area (TPSA) is 29.5 Å². The Kier molecular flexibility index (Phi) is 10.5. The first kappa shape index (κ1) is 12.7. The maximum atomic E-state index is 8.86. The lowest BCUT2D eigenvalue weighted by Crippen LogP contribution is -1.80. The van der Waals surface area contributed by atoms with Crippen LogP contribution in [0.2, 0.25) is 0 Å². The van der Waals surface area contributed by atoms with Crippen LogP contribution >= 0.6 is 0 Å². The molecule has 0 aromatic carbocycles. The van der Waals surface area contributed by atoms with Gasteiger partial charge in [-0.3, -0.25) is 0 Å². The molecular weight excluding hydrogens is 140 g/mol. The summed E-state index contributed by atoms with van der Waals surface area (Å²) in [4.78, 5) is 0. The molecule has 0 spiro atoms. The molecule has 0 saturated carbocycles. The summed E-state index contributed by atoms with van der Waals surface area (Å²) in [6, 6.07) is 0. The number of hydrogen-bond donors (Lipinski definition) is 1. The Hall–Kier alpha value is -0.920. The Morgan fingerprint density at radius 2 is 1.82 bits per heavy atom. The molecule has 0 bridgehead atoms. The number of ether oxygens (including phenoxy) is 1. The molecule has 0 fully saturated rings. The summed E-state index contributed by atoms with van der Waals surface area (Å²) < 4.78 is 4.78. The number of methoxy groups -OCH3 is 1. The van der Waals surface area contributed by atoms with Crippen LogP contribution in [0.25, 0.3) is 0 Å². The third-order valence-corrected chi connectivity index (χ3v) is 0.969. The summed E-state index contributed by atoms with van der Waals surface area (Å²) in [6.45, 7) is 7.54. The van der Waals surface area contributed by atoms with Crippen molar-refractivity contribution in [2.75, 3.05) is 7.11 Å². The van der Waals surface area contributed by atoms with Crippen molar-refractivity contribution in [1.82, 2.24) is 0 Å². The second-order valence-corrected chi connectivity index (χ2v) is 1.67. The fraction of sp³-hybridized carbons (Fsp3) is 0.556. The zero-order valence-electron chi connectivity index (χ0n) is 8.01. The lowest BCUT2D eigenvalue weighted by molar-refractivity contribution is 0.289. The number of aliphatic hydroxyl groups is 1. The molecule has 0 radical (unpaired) electrons. The molecule has 0 atom stereocenters. The first-order valence-electron chi connectivity index (χ1n) is 3.78. The minimum Gasteiger partial charge on any atom is -0.508 e. The molecule has 0 aromatic rings. The molecule has 2 nitrogen and oxygen atoms in total. The monoisotopic (exact) mass is 158 g/mol. The summed E-state index contributed by atoms with van der Waals surface area (Å²) in [6.07, 6.45) is 3.16. The first-order chi connectivity index (χ1) is 5.20. The van der Waals surface area contributed by atoms with E-state index in [0.29, 0.717) is 5.76 Å². The number of aliphatic hydroxyl groups excluding tert-OH is 1. The van der Waals surface area contributed by atoms with Gasteiger partial charge < -0.3 is 9.84 Å². The zero-order valence-corrected chi connectivity index (χ0v) is 8.01. The minimum atomic E-state index is 0.231. The van der Waals surface area contributed by atoms with Gasteiger partial charge in [-0.1, -0.05) is 13.8 Å². The first-order valence-corrected chi connectivity index (χ1v) is 3.78. The number of hydrogen-bond acceptors (Lipinski definition) is 2. The Balaban J connectivity index is 0. The number of allylic oxidation sites excluding steroid dienone is 3. The highest BCUT2D eigenvalue weighted by Crippen LogP contribution is 1.97. The molecule has 0 amide bonds. The molecule has 0 rings (SSSR count). The van der Waals surface area contributed by atoms with Gasteiger partial charge in [-0.2, -0.15) is 0 Å². The quantitative estimate of drug-likeness (QED) is 0.494. The molecule has 0 aliphatic carbocycles. The molecule has 1 N–H and O–H groups in total. The Bertz CT molecular complexity index is 134. The summed E-state index contributed by atoms with van der Waals surface area (Å²) >= 11 is 0. The predicted octanol–water partition coefficient (Wildman–Crippen LogP) is 3.02. The Morgan fingerprint density at radius 3 is 2.09 bits per heavy atom. The molecule has 2 heteroatoms. The van der Waals surface area contributed by atoms with Crippen molar-refractivity contribution in [2.45, 2.75) is 27.7 Å². The van der Waals surface area contributed by atoms with E-state index in [2.05, 4.69) is 0 Å². The van der Waals surface area contributed by atoms with E-state index >= 15 is 0 Å². The van der Waals surface area contributed by atoms with Crippen LogP contribution in [-0.4, -0.2) is 12.2 Å². The van der Waals surface area contributed by atoms with E-state index in [1.54, 1.807) is 33.1 Å². The molecule has 0 unspecified atom stereocenters. The molecule has 0 heterocycles. The Labute approximate surface area is 69.2 Å². The van der Waals surface area contributed by atoms with E-state index in [1.165, 1.54) is 0 Å². The van der Waals surface area contributed by atoms with Crippen molar-refractivity contribution in [2.24, 2.45) is 0 Å². The third kappa shape index (κ3) is 9.08. The molecule has 0 aromatic heterocycles. The van der Waals surface area contributed by atoms with Crippen LogP contribution in [0, 0.1) is 0 Å². The SMILES string of the molecule is C/C=C(O)\C=C(/C)OC.CC. The summed E-state index contributed by atoms with van der Waals surface area (Å²) in [5.74, 6) is 0.931. The fourth-order valence-electron chi connectivity index (χ4n) is 0.351. The van der Waals surface area contributed by atoms with Crippen LogP contribution in [0.15, 0.2) is 23.7 Å². The van der Waals surface area contributed by atoms with Crippen LogP contribution in [0.4, 0.5) is 0 Å². The van der Waals surface area contributed by atoms with Crippen molar-refractivity contribution in [3.8, 4) is 0 Å². The maximum Gasteiger partial charge on any atom is 0.114 e. The van der Waals surface area contributed by atoms with Crippen molar-refractivity contribution in [3.05, 3.63) is 23.7 Å². The van der Waals surface area contributed by atoms with Crippen LogP contribution in [0.5, 0.6) is 0 Å². The van der Waals surface area contributed by atoms with Crippen molar-refractivity contribution >= 4 is 0 Å². The van der Waals surface area contributed by atoms with Gasteiger partial charge in [-0.25, -0.2) is 0 Å². The smallest absolute Gasteiger partial charge is 0.114 e. The van der Waals surface area contributed by atoms with Crippen LogP contribution in [0.3, 0.4) is 0 Å². The standard InChI is InChI=1S/C7H12O2.C2H6/c1-4-7(8)5-6(2)9-3;1-2/h4-5,8H,1-3H3;1-2H3/b6-5+,7-4+;. The highest BCUT2D eigenvalue weighted by Gasteiger charge is 1.85. The minimum absolute atomic E-state index is 0.231. The molecule has 0 saturated heterocycles. The van der Waals surface area contributed by atoms with Crippen LogP contribution < -0.4 is 0 Å².